The monoisotopic (exact) mass is 406 g/mol. The summed E-state index contributed by atoms with van der Waals surface area (Å²) < 4.78 is 1.07. The summed E-state index contributed by atoms with van der Waals surface area (Å²) in [4.78, 5) is 16.7. The lowest BCUT2D eigenvalue weighted by molar-refractivity contribution is -0.113. The minimum atomic E-state index is -0.106. The molecule has 7 heteroatoms. The first kappa shape index (κ1) is 18.6. The van der Waals surface area contributed by atoms with Crippen LogP contribution in [0.2, 0.25) is 0 Å². The Labute approximate surface area is 171 Å². The van der Waals surface area contributed by atoms with Crippen LogP contribution in [-0.4, -0.2) is 26.8 Å². The minimum Gasteiger partial charge on any atom is -0.301 e. The Morgan fingerprint density at radius 2 is 1.79 bits per heavy atom. The van der Waals surface area contributed by atoms with Gasteiger partial charge in [-0.15, -0.1) is 10.2 Å². The van der Waals surface area contributed by atoms with Crippen molar-refractivity contribution >= 4 is 44.4 Å². The van der Waals surface area contributed by atoms with Gasteiger partial charge in [-0.3, -0.25) is 4.79 Å². The SMILES string of the molecule is Cc1ccc(-c2ccc(SCC(=O)Nc3nc4ccc(C)cc4s3)nn2)cc1. The van der Waals surface area contributed by atoms with E-state index < -0.39 is 0 Å². The van der Waals surface area contributed by atoms with Gasteiger partial charge in [-0.25, -0.2) is 4.98 Å². The zero-order chi connectivity index (χ0) is 19.5. The lowest BCUT2D eigenvalue weighted by Gasteiger charge is -2.03. The van der Waals surface area contributed by atoms with E-state index in [1.165, 1.54) is 34.2 Å². The summed E-state index contributed by atoms with van der Waals surface area (Å²) in [6.45, 7) is 4.09. The molecule has 2 aromatic heterocycles. The number of nitrogens with zero attached hydrogens (tertiary/aromatic N) is 3. The second-order valence-corrected chi connectivity index (χ2v) is 8.48. The van der Waals surface area contributed by atoms with Crippen molar-refractivity contribution in [2.45, 2.75) is 18.9 Å². The van der Waals surface area contributed by atoms with E-state index in [2.05, 4.69) is 33.5 Å². The van der Waals surface area contributed by atoms with Crippen LogP contribution in [0.15, 0.2) is 59.6 Å². The fraction of sp³-hybridized carbons (Fsp3) is 0.143. The molecule has 0 aliphatic heterocycles. The number of amides is 1. The first-order valence-corrected chi connectivity index (χ1v) is 10.6. The van der Waals surface area contributed by atoms with Gasteiger partial charge in [0.25, 0.3) is 0 Å². The van der Waals surface area contributed by atoms with Crippen LogP contribution < -0.4 is 5.32 Å². The maximum absolute atomic E-state index is 12.2. The molecule has 0 spiro atoms. The van der Waals surface area contributed by atoms with Gasteiger partial charge in [-0.2, -0.15) is 0 Å². The van der Waals surface area contributed by atoms with Crippen molar-refractivity contribution in [2.24, 2.45) is 0 Å². The number of aryl methyl sites for hydroxylation is 2. The Morgan fingerprint density at radius 3 is 2.54 bits per heavy atom. The molecular weight excluding hydrogens is 388 g/mol. The normalized spacial score (nSPS) is 10.9. The highest BCUT2D eigenvalue weighted by molar-refractivity contribution is 7.99. The molecule has 0 bridgehead atoms. The van der Waals surface area contributed by atoms with Gasteiger partial charge < -0.3 is 5.32 Å². The molecule has 4 aromatic rings. The van der Waals surface area contributed by atoms with E-state index >= 15 is 0 Å². The van der Waals surface area contributed by atoms with Crippen LogP contribution in [0.4, 0.5) is 5.13 Å². The predicted molar refractivity (Wildman–Crippen MR) is 116 cm³/mol. The highest BCUT2D eigenvalue weighted by atomic mass is 32.2. The van der Waals surface area contributed by atoms with Crippen LogP contribution in [0.5, 0.6) is 0 Å². The van der Waals surface area contributed by atoms with Crippen molar-refractivity contribution in [3.05, 3.63) is 65.7 Å². The molecule has 0 aliphatic rings. The van der Waals surface area contributed by atoms with Crippen LogP contribution in [0, 0.1) is 13.8 Å². The second kappa shape index (κ2) is 8.08. The van der Waals surface area contributed by atoms with Crippen LogP contribution in [0.25, 0.3) is 21.5 Å². The van der Waals surface area contributed by atoms with Crippen molar-refractivity contribution in [3.8, 4) is 11.3 Å². The third kappa shape index (κ3) is 4.37. The van der Waals surface area contributed by atoms with Crippen LogP contribution in [0.3, 0.4) is 0 Å². The predicted octanol–water partition coefficient (Wildman–Crippen LogP) is 5.10. The molecule has 0 saturated carbocycles. The number of nitrogens with one attached hydrogen (secondary N) is 1. The summed E-state index contributed by atoms with van der Waals surface area (Å²) in [5.74, 6) is 0.151. The van der Waals surface area contributed by atoms with Gasteiger partial charge in [-0.1, -0.05) is 59.0 Å². The molecule has 2 aromatic carbocycles. The molecule has 5 nitrogen and oxygen atoms in total. The largest absolute Gasteiger partial charge is 0.301 e. The number of aromatic nitrogens is 3. The Balaban J connectivity index is 1.35. The van der Waals surface area contributed by atoms with Crippen LogP contribution >= 0.6 is 23.1 Å². The van der Waals surface area contributed by atoms with Gasteiger partial charge in [-0.05, 0) is 43.7 Å². The number of anilines is 1. The van der Waals surface area contributed by atoms with E-state index in [-0.39, 0.29) is 11.7 Å². The van der Waals surface area contributed by atoms with E-state index in [4.69, 9.17) is 0 Å². The lowest BCUT2D eigenvalue weighted by atomic mass is 10.1. The van der Waals surface area contributed by atoms with Crippen molar-refractivity contribution in [1.82, 2.24) is 15.2 Å². The number of thioether (sulfide) groups is 1. The van der Waals surface area contributed by atoms with Gasteiger partial charge in [0, 0.05) is 5.56 Å². The molecule has 0 atom stereocenters. The van der Waals surface area contributed by atoms with Gasteiger partial charge >= 0.3 is 0 Å². The number of benzene rings is 2. The topological polar surface area (TPSA) is 67.8 Å². The molecule has 140 valence electrons. The average molecular weight is 407 g/mol. The Bertz CT molecular complexity index is 1120. The summed E-state index contributed by atoms with van der Waals surface area (Å²) in [6.07, 6.45) is 0. The zero-order valence-electron chi connectivity index (χ0n) is 15.5. The van der Waals surface area contributed by atoms with Gasteiger partial charge in [0.2, 0.25) is 5.91 Å². The van der Waals surface area contributed by atoms with Crippen molar-refractivity contribution in [3.63, 3.8) is 0 Å². The molecule has 1 amide bonds. The van der Waals surface area contributed by atoms with E-state index in [0.717, 1.165) is 21.5 Å². The lowest BCUT2D eigenvalue weighted by Crippen LogP contribution is -2.13. The number of rotatable bonds is 5. The fourth-order valence-corrected chi connectivity index (χ4v) is 4.25. The third-order valence-corrected chi connectivity index (χ3v) is 5.98. The number of hydrogen-bond acceptors (Lipinski definition) is 6. The van der Waals surface area contributed by atoms with Crippen molar-refractivity contribution in [2.75, 3.05) is 11.1 Å². The molecule has 0 fully saturated rings. The first-order valence-electron chi connectivity index (χ1n) is 8.77. The summed E-state index contributed by atoms with van der Waals surface area (Å²) in [5.41, 5.74) is 5.13. The summed E-state index contributed by atoms with van der Waals surface area (Å²) in [5, 5.41) is 12.7. The van der Waals surface area contributed by atoms with Gasteiger partial charge in [0.15, 0.2) is 5.13 Å². The third-order valence-electron chi connectivity index (χ3n) is 4.13. The highest BCUT2D eigenvalue weighted by Crippen LogP contribution is 2.27. The second-order valence-electron chi connectivity index (χ2n) is 6.45. The molecular formula is C21H18N4OS2. The quantitative estimate of drug-likeness (QED) is 0.467. The number of carbonyl (C=O) groups excluding carboxylic acids is 1. The maximum Gasteiger partial charge on any atom is 0.236 e. The standard InChI is InChI=1S/C21H18N4OS2/c1-13-3-6-15(7-4-13)16-9-10-20(25-24-16)27-12-19(26)23-21-22-17-8-5-14(2)11-18(17)28-21/h3-11H,12H2,1-2H3,(H,22,23,26). The number of hydrogen-bond donors (Lipinski definition) is 1. The van der Waals surface area contributed by atoms with Crippen molar-refractivity contribution < 1.29 is 4.79 Å². The average Bonchev–Trinajstić information content (AvgIpc) is 3.08. The maximum atomic E-state index is 12.2. The highest BCUT2D eigenvalue weighted by Gasteiger charge is 2.10. The van der Waals surface area contributed by atoms with E-state index in [1.54, 1.807) is 0 Å². The fourth-order valence-electron chi connectivity index (χ4n) is 2.66. The number of fused-ring (bicyclic) bond motifs is 1. The van der Waals surface area contributed by atoms with Crippen molar-refractivity contribution in [1.29, 1.82) is 0 Å². The van der Waals surface area contributed by atoms with Gasteiger partial charge in [0.1, 0.15) is 5.03 Å². The molecule has 28 heavy (non-hydrogen) atoms. The molecule has 2 heterocycles. The zero-order valence-corrected chi connectivity index (χ0v) is 17.1. The van der Waals surface area contributed by atoms with Crippen LogP contribution in [-0.2, 0) is 4.79 Å². The molecule has 0 radical (unpaired) electrons. The Morgan fingerprint density at radius 1 is 1.00 bits per heavy atom. The summed E-state index contributed by atoms with van der Waals surface area (Å²) in [6, 6.07) is 18.0. The molecule has 4 rings (SSSR count). The van der Waals surface area contributed by atoms with E-state index in [1.807, 2.05) is 55.5 Å². The number of carbonyl (C=O) groups is 1. The molecule has 0 unspecified atom stereocenters. The first-order chi connectivity index (χ1) is 13.6. The van der Waals surface area contributed by atoms with E-state index in [9.17, 15) is 4.79 Å². The molecule has 1 N–H and O–H groups in total. The van der Waals surface area contributed by atoms with E-state index in [0.29, 0.717) is 10.2 Å². The Hall–Kier alpha value is -2.77. The summed E-state index contributed by atoms with van der Waals surface area (Å²) in [7, 11) is 0. The smallest absolute Gasteiger partial charge is 0.236 e. The summed E-state index contributed by atoms with van der Waals surface area (Å²) >= 11 is 2.84. The molecule has 0 saturated heterocycles. The molecule has 0 aliphatic carbocycles. The van der Waals surface area contributed by atoms with Gasteiger partial charge in [0.05, 0.1) is 21.7 Å². The minimum absolute atomic E-state index is 0.106. The van der Waals surface area contributed by atoms with Crippen LogP contribution in [0.1, 0.15) is 11.1 Å². The Kier molecular flexibility index (Phi) is 5.36. The number of thiazole rings is 1.